The van der Waals surface area contributed by atoms with Crippen LogP contribution >= 0.6 is 0 Å². The molecule has 112 valence electrons. The Balaban J connectivity index is 2.24. The minimum absolute atomic E-state index is 0.0854. The van der Waals surface area contributed by atoms with Crippen molar-refractivity contribution in [2.24, 2.45) is 0 Å². The third kappa shape index (κ3) is 4.05. The molecular weight excluding hydrogens is 268 g/mol. The van der Waals surface area contributed by atoms with Gasteiger partial charge in [0.25, 0.3) is 0 Å². The monoisotopic (exact) mass is 288 g/mol. The molecule has 0 saturated carbocycles. The molecule has 2 N–H and O–H groups in total. The Kier molecular flexibility index (Phi) is 5.31. The molecule has 0 amide bonds. The van der Waals surface area contributed by atoms with Crippen molar-refractivity contribution in [1.82, 2.24) is 9.97 Å². The van der Waals surface area contributed by atoms with Gasteiger partial charge in [0.2, 0.25) is 5.95 Å². The maximum absolute atomic E-state index is 11.5. The smallest absolute Gasteiger partial charge is 0.325 e. The SMILES string of the molecule is CCCNc1nc(NCC(=O)OCC)c2ccccc2n1. The summed E-state index contributed by atoms with van der Waals surface area (Å²) < 4.78 is 4.91. The number of benzene rings is 1. The average molecular weight is 288 g/mol. The normalized spacial score (nSPS) is 10.4. The Hall–Kier alpha value is -2.37. The second-order valence-corrected chi connectivity index (χ2v) is 4.50. The predicted octanol–water partition coefficient (Wildman–Crippen LogP) is 2.43. The third-order valence-electron chi connectivity index (χ3n) is 2.84. The maximum atomic E-state index is 11.5. The largest absolute Gasteiger partial charge is 0.465 e. The molecule has 0 aliphatic carbocycles. The number of anilines is 2. The second-order valence-electron chi connectivity index (χ2n) is 4.50. The number of nitrogens with one attached hydrogen (secondary N) is 2. The summed E-state index contributed by atoms with van der Waals surface area (Å²) in [4.78, 5) is 20.4. The van der Waals surface area contributed by atoms with Gasteiger partial charge in [-0.15, -0.1) is 0 Å². The van der Waals surface area contributed by atoms with E-state index in [1.54, 1.807) is 6.92 Å². The van der Waals surface area contributed by atoms with Crippen LogP contribution in [0.1, 0.15) is 20.3 Å². The fourth-order valence-electron chi connectivity index (χ4n) is 1.90. The number of ether oxygens (including phenoxy) is 1. The molecule has 0 spiro atoms. The van der Waals surface area contributed by atoms with Gasteiger partial charge >= 0.3 is 5.97 Å². The molecule has 6 heteroatoms. The van der Waals surface area contributed by atoms with Crippen LogP contribution in [0.5, 0.6) is 0 Å². The number of hydrogen-bond donors (Lipinski definition) is 2. The number of esters is 1. The van der Waals surface area contributed by atoms with Crippen molar-refractivity contribution in [1.29, 1.82) is 0 Å². The minimum atomic E-state index is -0.303. The first-order valence-electron chi connectivity index (χ1n) is 7.14. The van der Waals surface area contributed by atoms with Gasteiger partial charge in [0.1, 0.15) is 12.4 Å². The summed E-state index contributed by atoms with van der Waals surface area (Å²) in [6, 6.07) is 7.69. The molecule has 0 fully saturated rings. The summed E-state index contributed by atoms with van der Waals surface area (Å²) in [5.74, 6) is 0.887. The van der Waals surface area contributed by atoms with Gasteiger partial charge in [-0.05, 0) is 25.5 Å². The van der Waals surface area contributed by atoms with Crippen LogP contribution in [-0.4, -0.2) is 35.6 Å². The average Bonchev–Trinajstić information content (AvgIpc) is 2.51. The first-order chi connectivity index (χ1) is 10.2. The lowest BCUT2D eigenvalue weighted by molar-refractivity contribution is -0.140. The van der Waals surface area contributed by atoms with E-state index in [1.807, 2.05) is 24.3 Å². The highest BCUT2D eigenvalue weighted by atomic mass is 16.5. The van der Waals surface area contributed by atoms with Gasteiger partial charge in [-0.3, -0.25) is 4.79 Å². The number of aromatic nitrogens is 2. The van der Waals surface area contributed by atoms with E-state index < -0.39 is 0 Å². The van der Waals surface area contributed by atoms with E-state index >= 15 is 0 Å². The van der Waals surface area contributed by atoms with Crippen LogP contribution in [0.25, 0.3) is 10.9 Å². The van der Waals surface area contributed by atoms with Crippen molar-refractivity contribution in [3.05, 3.63) is 24.3 Å². The van der Waals surface area contributed by atoms with E-state index in [1.165, 1.54) is 0 Å². The van der Waals surface area contributed by atoms with Gasteiger partial charge in [0.15, 0.2) is 0 Å². The number of carbonyl (C=O) groups is 1. The summed E-state index contributed by atoms with van der Waals surface area (Å²) in [6.45, 7) is 5.12. The van der Waals surface area contributed by atoms with Crippen molar-refractivity contribution in [2.75, 3.05) is 30.3 Å². The number of rotatable bonds is 7. The van der Waals surface area contributed by atoms with Gasteiger partial charge in [-0.2, -0.15) is 4.98 Å². The van der Waals surface area contributed by atoms with E-state index in [9.17, 15) is 4.79 Å². The molecule has 0 aliphatic rings. The zero-order chi connectivity index (χ0) is 15.1. The molecule has 0 unspecified atom stereocenters. The van der Waals surface area contributed by atoms with Crippen molar-refractivity contribution in [3.63, 3.8) is 0 Å². The summed E-state index contributed by atoms with van der Waals surface area (Å²) in [6.07, 6.45) is 0.988. The highest BCUT2D eigenvalue weighted by molar-refractivity contribution is 5.91. The molecular formula is C15H20N4O2. The minimum Gasteiger partial charge on any atom is -0.465 e. The molecule has 21 heavy (non-hydrogen) atoms. The van der Waals surface area contributed by atoms with Gasteiger partial charge in [-0.1, -0.05) is 19.1 Å². The molecule has 0 radical (unpaired) electrons. The summed E-state index contributed by atoms with van der Waals surface area (Å²) in [7, 11) is 0. The topological polar surface area (TPSA) is 76.1 Å². The van der Waals surface area contributed by atoms with Gasteiger partial charge in [-0.25, -0.2) is 4.98 Å². The quantitative estimate of drug-likeness (QED) is 0.762. The van der Waals surface area contributed by atoms with Crippen LogP contribution in [0, 0.1) is 0 Å². The standard InChI is InChI=1S/C15H20N4O2/c1-3-9-16-15-18-12-8-6-5-7-11(12)14(19-15)17-10-13(20)21-4-2/h5-8H,3-4,9-10H2,1-2H3,(H2,16,17,18,19). The van der Waals surface area contributed by atoms with Crippen molar-refractivity contribution in [2.45, 2.75) is 20.3 Å². The van der Waals surface area contributed by atoms with E-state index in [0.29, 0.717) is 18.4 Å². The van der Waals surface area contributed by atoms with E-state index in [0.717, 1.165) is 23.9 Å². The van der Waals surface area contributed by atoms with Gasteiger partial charge < -0.3 is 15.4 Å². The molecule has 2 aromatic rings. The van der Waals surface area contributed by atoms with Crippen molar-refractivity contribution < 1.29 is 9.53 Å². The van der Waals surface area contributed by atoms with Crippen LogP contribution < -0.4 is 10.6 Å². The Morgan fingerprint density at radius 2 is 2.00 bits per heavy atom. The zero-order valence-electron chi connectivity index (χ0n) is 12.3. The Bertz CT molecular complexity index is 616. The first-order valence-corrected chi connectivity index (χ1v) is 7.14. The highest BCUT2D eigenvalue weighted by Gasteiger charge is 2.09. The van der Waals surface area contributed by atoms with E-state index in [2.05, 4.69) is 27.5 Å². The number of fused-ring (bicyclic) bond motifs is 1. The molecule has 1 aromatic carbocycles. The number of hydrogen-bond acceptors (Lipinski definition) is 6. The van der Waals surface area contributed by atoms with E-state index in [4.69, 9.17) is 4.74 Å². The number of para-hydroxylation sites is 1. The second kappa shape index (κ2) is 7.42. The first kappa shape index (κ1) is 15.0. The lowest BCUT2D eigenvalue weighted by atomic mass is 10.2. The van der Waals surface area contributed by atoms with Crippen LogP contribution in [0.15, 0.2) is 24.3 Å². The van der Waals surface area contributed by atoms with Gasteiger partial charge in [0, 0.05) is 11.9 Å². The van der Waals surface area contributed by atoms with Crippen molar-refractivity contribution in [3.8, 4) is 0 Å². The predicted molar refractivity (Wildman–Crippen MR) is 83.4 cm³/mol. The molecule has 0 aliphatic heterocycles. The maximum Gasteiger partial charge on any atom is 0.325 e. The fraction of sp³-hybridized carbons (Fsp3) is 0.400. The third-order valence-corrected chi connectivity index (χ3v) is 2.84. The summed E-state index contributed by atoms with van der Waals surface area (Å²) in [5, 5.41) is 7.06. The summed E-state index contributed by atoms with van der Waals surface area (Å²) >= 11 is 0. The van der Waals surface area contributed by atoms with Gasteiger partial charge in [0.05, 0.1) is 12.1 Å². The molecule has 1 aromatic heterocycles. The van der Waals surface area contributed by atoms with Crippen molar-refractivity contribution >= 4 is 28.6 Å². The van der Waals surface area contributed by atoms with Crippen LogP contribution in [0.3, 0.4) is 0 Å². The molecule has 0 atom stereocenters. The Morgan fingerprint density at radius 3 is 2.76 bits per heavy atom. The Morgan fingerprint density at radius 1 is 1.19 bits per heavy atom. The molecule has 6 nitrogen and oxygen atoms in total. The number of nitrogens with zero attached hydrogens (tertiary/aromatic N) is 2. The lowest BCUT2D eigenvalue weighted by Gasteiger charge is -2.11. The van der Waals surface area contributed by atoms with E-state index in [-0.39, 0.29) is 12.5 Å². The lowest BCUT2D eigenvalue weighted by Crippen LogP contribution is -2.18. The zero-order valence-corrected chi connectivity index (χ0v) is 12.3. The molecule has 0 bridgehead atoms. The molecule has 0 saturated heterocycles. The highest BCUT2D eigenvalue weighted by Crippen LogP contribution is 2.21. The number of carbonyl (C=O) groups excluding carboxylic acids is 1. The summed E-state index contributed by atoms with van der Waals surface area (Å²) in [5.41, 5.74) is 0.831. The fourth-order valence-corrected chi connectivity index (χ4v) is 1.90. The Labute approximate surface area is 123 Å². The van der Waals surface area contributed by atoms with Crippen LogP contribution in [0.2, 0.25) is 0 Å². The molecule has 2 rings (SSSR count). The van der Waals surface area contributed by atoms with Crippen LogP contribution in [-0.2, 0) is 9.53 Å². The molecule has 1 heterocycles. The van der Waals surface area contributed by atoms with Crippen LogP contribution in [0.4, 0.5) is 11.8 Å².